The zero-order valence-electron chi connectivity index (χ0n) is 15.3. The molecule has 0 aliphatic heterocycles. The lowest BCUT2D eigenvalue weighted by molar-refractivity contribution is 0.0785. The summed E-state index contributed by atoms with van der Waals surface area (Å²) in [5.74, 6) is -0.599. The highest BCUT2D eigenvalue weighted by atomic mass is 35.5. The molecule has 0 spiro atoms. The van der Waals surface area contributed by atoms with Crippen molar-refractivity contribution in [1.82, 2.24) is 9.88 Å². The van der Waals surface area contributed by atoms with Gasteiger partial charge in [-0.3, -0.25) is 14.6 Å². The van der Waals surface area contributed by atoms with E-state index in [1.807, 2.05) is 0 Å². The quantitative estimate of drug-likeness (QED) is 0.555. The van der Waals surface area contributed by atoms with Gasteiger partial charge in [0.1, 0.15) is 5.69 Å². The first-order chi connectivity index (χ1) is 13.8. The number of pyridine rings is 1. The van der Waals surface area contributed by atoms with Gasteiger partial charge in [-0.05, 0) is 54.1 Å². The molecule has 0 aliphatic carbocycles. The average Bonchev–Trinajstić information content (AvgIpc) is 2.72. The summed E-state index contributed by atoms with van der Waals surface area (Å²) in [6.07, 6.45) is 1.54. The Bertz CT molecular complexity index is 1060. The van der Waals surface area contributed by atoms with Crippen molar-refractivity contribution in [2.75, 3.05) is 12.4 Å². The van der Waals surface area contributed by atoms with E-state index in [1.54, 1.807) is 61.8 Å². The number of amides is 2. The van der Waals surface area contributed by atoms with Crippen molar-refractivity contribution in [2.45, 2.75) is 6.54 Å². The molecular formula is C21H16Cl3N3O2. The van der Waals surface area contributed by atoms with Crippen LogP contribution in [0.4, 0.5) is 5.69 Å². The molecule has 0 atom stereocenters. The highest BCUT2D eigenvalue weighted by Crippen LogP contribution is 2.25. The lowest BCUT2D eigenvalue weighted by Gasteiger charge is -2.20. The summed E-state index contributed by atoms with van der Waals surface area (Å²) in [5, 5.41) is 3.99. The summed E-state index contributed by atoms with van der Waals surface area (Å²) >= 11 is 18.1. The Labute approximate surface area is 183 Å². The lowest BCUT2D eigenvalue weighted by atomic mass is 10.1. The van der Waals surface area contributed by atoms with Crippen LogP contribution in [0.3, 0.4) is 0 Å². The Hall–Kier alpha value is -2.60. The van der Waals surface area contributed by atoms with Gasteiger partial charge in [0.2, 0.25) is 0 Å². The van der Waals surface area contributed by atoms with Crippen LogP contribution in [0.1, 0.15) is 26.4 Å². The minimum Gasteiger partial charge on any atom is -0.337 e. The zero-order valence-corrected chi connectivity index (χ0v) is 17.6. The average molecular weight is 449 g/mol. The van der Waals surface area contributed by atoms with Crippen LogP contribution in [0.15, 0.2) is 60.8 Å². The molecule has 2 aromatic carbocycles. The maximum absolute atomic E-state index is 12.7. The van der Waals surface area contributed by atoms with Crippen molar-refractivity contribution in [1.29, 1.82) is 0 Å². The van der Waals surface area contributed by atoms with Crippen LogP contribution in [0.2, 0.25) is 15.1 Å². The second kappa shape index (κ2) is 9.27. The van der Waals surface area contributed by atoms with E-state index in [0.717, 1.165) is 0 Å². The van der Waals surface area contributed by atoms with Crippen molar-refractivity contribution in [3.63, 3.8) is 0 Å². The number of aromatic nitrogens is 1. The number of hydrogen-bond donors (Lipinski definition) is 1. The van der Waals surface area contributed by atoms with E-state index >= 15 is 0 Å². The van der Waals surface area contributed by atoms with E-state index in [4.69, 9.17) is 34.8 Å². The van der Waals surface area contributed by atoms with Crippen LogP contribution in [-0.4, -0.2) is 28.7 Å². The third-order valence-corrected chi connectivity index (χ3v) is 5.11. The number of nitrogens with one attached hydrogen (secondary N) is 1. The first-order valence-corrected chi connectivity index (χ1v) is 9.70. The van der Waals surface area contributed by atoms with Crippen molar-refractivity contribution >= 4 is 52.3 Å². The van der Waals surface area contributed by atoms with Crippen LogP contribution < -0.4 is 5.32 Å². The second-order valence-electron chi connectivity index (χ2n) is 6.26. The Balaban J connectivity index is 1.81. The van der Waals surface area contributed by atoms with Gasteiger partial charge in [0.05, 0.1) is 10.0 Å². The molecule has 0 unspecified atom stereocenters. The van der Waals surface area contributed by atoms with Crippen LogP contribution >= 0.6 is 34.8 Å². The highest BCUT2D eigenvalue weighted by molar-refractivity contribution is 6.42. The predicted octanol–water partition coefficient (Wildman–Crippen LogP) is 5.57. The van der Waals surface area contributed by atoms with E-state index < -0.39 is 0 Å². The Morgan fingerprint density at radius 1 is 1.00 bits per heavy atom. The topological polar surface area (TPSA) is 62.3 Å². The van der Waals surface area contributed by atoms with Crippen molar-refractivity contribution in [3.8, 4) is 0 Å². The molecule has 29 heavy (non-hydrogen) atoms. The molecule has 8 heteroatoms. The van der Waals surface area contributed by atoms with E-state index in [2.05, 4.69) is 10.3 Å². The van der Waals surface area contributed by atoms with Gasteiger partial charge >= 0.3 is 0 Å². The summed E-state index contributed by atoms with van der Waals surface area (Å²) in [4.78, 5) is 30.7. The minimum absolute atomic E-state index is 0.220. The largest absolute Gasteiger partial charge is 0.337 e. The molecule has 0 radical (unpaired) electrons. The molecule has 0 bridgehead atoms. The Morgan fingerprint density at radius 3 is 2.48 bits per heavy atom. The fraction of sp³-hybridized carbons (Fsp3) is 0.0952. The molecule has 1 aromatic heterocycles. The number of rotatable bonds is 5. The molecule has 5 nitrogen and oxygen atoms in total. The molecule has 148 valence electrons. The molecule has 1 heterocycles. The van der Waals surface area contributed by atoms with Crippen LogP contribution in [-0.2, 0) is 6.54 Å². The van der Waals surface area contributed by atoms with Gasteiger partial charge in [-0.25, -0.2) is 0 Å². The van der Waals surface area contributed by atoms with Gasteiger partial charge in [0.25, 0.3) is 11.8 Å². The number of halogens is 3. The second-order valence-corrected chi connectivity index (χ2v) is 7.51. The monoisotopic (exact) mass is 447 g/mol. The summed E-state index contributed by atoms with van der Waals surface area (Å²) in [6.45, 7) is 0.220. The number of nitrogens with zero attached hydrogens (tertiary/aromatic N) is 2. The molecule has 1 N–H and O–H groups in total. The van der Waals surface area contributed by atoms with Gasteiger partial charge in [-0.2, -0.15) is 0 Å². The van der Waals surface area contributed by atoms with Crippen molar-refractivity contribution in [3.05, 3.63) is 92.7 Å². The zero-order chi connectivity index (χ0) is 21.0. The summed E-state index contributed by atoms with van der Waals surface area (Å²) < 4.78 is 0. The molecule has 0 saturated carbocycles. The van der Waals surface area contributed by atoms with Gasteiger partial charge in [0.15, 0.2) is 0 Å². The molecule has 0 aliphatic rings. The van der Waals surface area contributed by atoms with E-state index in [-0.39, 0.29) is 24.1 Å². The first kappa shape index (κ1) is 21.1. The van der Waals surface area contributed by atoms with Gasteiger partial charge < -0.3 is 10.2 Å². The molecule has 0 fully saturated rings. The first-order valence-electron chi connectivity index (χ1n) is 8.56. The molecule has 3 aromatic rings. The van der Waals surface area contributed by atoms with E-state index in [1.165, 1.54) is 11.0 Å². The third-order valence-electron chi connectivity index (χ3n) is 4.13. The molecule has 0 saturated heterocycles. The SMILES string of the molecule is CN(Cc1cc(Cl)ccc1NC(=O)c1ccccn1)C(=O)c1ccc(Cl)c(Cl)c1. The minimum atomic E-state index is -0.354. The van der Waals surface area contributed by atoms with Gasteiger partial charge in [0, 0.05) is 36.1 Å². The maximum Gasteiger partial charge on any atom is 0.274 e. The van der Waals surface area contributed by atoms with E-state index in [0.29, 0.717) is 31.9 Å². The summed E-state index contributed by atoms with van der Waals surface area (Å²) in [6, 6.07) is 14.8. The maximum atomic E-state index is 12.7. The molecule has 3 rings (SSSR count). The lowest BCUT2D eigenvalue weighted by Crippen LogP contribution is -2.27. The number of anilines is 1. The highest BCUT2D eigenvalue weighted by Gasteiger charge is 2.17. The summed E-state index contributed by atoms with van der Waals surface area (Å²) in [5.41, 5.74) is 1.91. The fourth-order valence-corrected chi connectivity index (χ4v) is 3.17. The number of carbonyl (C=O) groups excluding carboxylic acids is 2. The van der Waals surface area contributed by atoms with E-state index in [9.17, 15) is 9.59 Å². The molecular weight excluding hydrogens is 433 g/mol. The summed E-state index contributed by atoms with van der Waals surface area (Å²) in [7, 11) is 1.65. The van der Waals surface area contributed by atoms with Crippen LogP contribution in [0, 0.1) is 0 Å². The standard InChI is InChI=1S/C21H16Cl3N3O2/c1-27(21(29)13-5-7-16(23)17(24)11-13)12-14-10-15(22)6-8-18(14)26-20(28)19-4-2-3-9-25-19/h2-11H,12H2,1H3,(H,26,28). The van der Waals surface area contributed by atoms with Crippen LogP contribution in [0.5, 0.6) is 0 Å². The van der Waals surface area contributed by atoms with Crippen molar-refractivity contribution < 1.29 is 9.59 Å². The van der Waals surface area contributed by atoms with Crippen molar-refractivity contribution in [2.24, 2.45) is 0 Å². The predicted molar refractivity (Wildman–Crippen MR) is 116 cm³/mol. The van der Waals surface area contributed by atoms with Crippen LogP contribution in [0.25, 0.3) is 0 Å². The third kappa shape index (κ3) is 5.26. The Morgan fingerprint density at radius 2 is 1.79 bits per heavy atom. The smallest absolute Gasteiger partial charge is 0.274 e. The number of carbonyl (C=O) groups is 2. The van der Waals surface area contributed by atoms with Gasteiger partial charge in [-0.15, -0.1) is 0 Å². The van der Waals surface area contributed by atoms with Gasteiger partial charge in [-0.1, -0.05) is 40.9 Å². The Kier molecular flexibility index (Phi) is 6.75. The molecule has 2 amide bonds. The fourth-order valence-electron chi connectivity index (χ4n) is 2.68. The number of hydrogen-bond acceptors (Lipinski definition) is 3. The normalized spacial score (nSPS) is 10.5. The number of benzene rings is 2.